The third-order valence-electron chi connectivity index (χ3n) is 3.32. The molecule has 2 N–H and O–H groups in total. The van der Waals surface area contributed by atoms with Crippen LogP contribution in [0, 0.1) is 13.8 Å². The van der Waals surface area contributed by atoms with Gasteiger partial charge in [0, 0.05) is 0 Å². The topological polar surface area (TPSA) is 67.4 Å². The highest BCUT2D eigenvalue weighted by Crippen LogP contribution is 2.22. The van der Waals surface area contributed by atoms with Gasteiger partial charge in [0.1, 0.15) is 5.75 Å². The summed E-state index contributed by atoms with van der Waals surface area (Å²) in [5.41, 5.74) is 6.74. The average molecular weight is 353 g/mol. The predicted molar refractivity (Wildman–Crippen MR) is 90.9 cm³/mol. The first-order valence-corrected chi connectivity index (χ1v) is 8.16. The highest BCUT2D eigenvalue weighted by atomic mass is 35.5. The summed E-state index contributed by atoms with van der Waals surface area (Å²) in [4.78, 5) is 24.3. The predicted octanol–water partition coefficient (Wildman–Crippen LogP) is 3.25. The molecule has 0 saturated carbocycles. The van der Waals surface area contributed by atoms with Crippen molar-refractivity contribution in [3.63, 3.8) is 0 Å². The van der Waals surface area contributed by atoms with E-state index in [0.717, 1.165) is 22.5 Å². The summed E-state index contributed by atoms with van der Waals surface area (Å²) >= 11 is 6.90. The van der Waals surface area contributed by atoms with Crippen molar-refractivity contribution in [1.82, 2.24) is 10.9 Å². The first kappa shape index (κ1) is 17.3. The third kappa shape index (κ3) is 4.46. The van der Waals surface area contributed by atoms with Gasteiger partial charge in [-0.25, -0.2) is 0 Å². The highest BCUT2D eigenvalue weighted by Gasteiger charge is 2.17. The van der Waals surface area contributed by atoms with E-state index in [9.17, 15) is 9.59 Å². The summed E-state index contributed by atoms with van der Waals surface area (Å²) in [7, 11) is 0. The van der Waals surface area contributed by atoms with E-state index in [0.29, 0.717) is 15.0 Å². The summed E-state index contributed by atoms with van der Waals surface area (Å²) in [5, 5.41) is 0. The van der Waals surface area contributed by atoms with Gasteiger partial charge in [-0.15, -0.1) is 11.3 Å². The first-order chi connectivity index (χ1) is 10.9. The monoisotopic (exact) mass is 352 g/mol. The van der Waals surface area contributed by atoms with Crippen molar-refractivity contribution >= 4 is 34.8 Å². The Labute approximate surface area is 143 Å². The van der Waals surface area contributed by atoms with E-state index in [2.05, 4.69) is 10.9 Å². The van der Waals surface area contributed by atoms with Crippen LogP contribution in [0.1, 0.15) is 27.7 Å². The number of nitrogens with one attached hydrogen (secondary N) is 2. The Morgan fingerprint density at radius 1 is 1.17 bits per heavy atom. The molecule has 1 unspecified atom stereocenters. The molecule has 0 aliphatic heterocycles. The molecule has 2 amide bonds. The molecule has 0 fully saturated rings. The largest absolute Gasteiger partial charge is 0.481 e. The van der Waals surface area contributed by atoms with E-state index in [4.69, 9.17) is 16.3 Å². The lowest BCUT2D eigenvalue weighted by Crippen LogP contribution is -2.47. The van der Waals surface area contributed by atoms with Crippen LogP contribution in [0.15, 0.2) is 30.3 Å². The Morgan fingerprint density at radius 3 is 2.57 bits per heavy atom. The number of amides is 2. The molecular formula is C16H17ClN2O3S. The van der Waals surface area contributed by atoms with Gasteiger partial charge in [-0.1, -0.05) is 23.7 Å². The fourth-order valence-corrected chi connectivity index (χ4v) is 2.75. The van der Waals surface area contributed by atoms with E-state index in [1.54, 1.807) is 25.1 Å². The van der Waals surface area contributed by atoms with Gasteiger partial charge in [0.2, 0.25) is 0 Å². The molecule has 0 bridgehead atoms. The van der Waals surface area contributed by atoms with Gasteiger partial charge in [-0.05, 0) is 50.1 Å². The van der Waals surface area contributed by atoms with Crippen LogP contribution in [0.25, 0.3) is 0 Å². The molecule has 0 radical (unpaired) electrons. The Bertz CT molecular complexity index is 730. The lowest BCUT2D eigenvalue weighted by molar-refractivity contribution is -0.128. The zero-order valence-corrected chi connectivity index (χ0v) is 14.5. The summed E-state index contributed by atoms with van der Waals surface area (Å²) < 4.78 is 6.16. The van der Waals surface area contributed by atoms with Crippen LogP contribution in [0.3, 0.4) is 0 Å². The van der Waals surface area contributed by atoms with Crippen molar-refractivity contribution < 1.29 is 14.3 Å². The summed E-state index contributed by atoms with van der Waals surface area (Å²) in [6.45, 7) is 5.52. The molecule has 0 spiro atoms. The van der Waals surface area contributed by atoms with Crippen molar-refractivity contribution in [3.05, 3.63) is 50.7 Å². The number of benzene rings is 1. The van der Waals surface area contributed by atoms with E-state index < -0.39 is 17.9 Å². The minimum Gasteiger partial charge on any atom is -0.481 e. The molecule has 1 aromatic carbocycles. The summed E-state index contributed by atoms with van der Waals surface area (Å²) in [5.74, 6) is -0.222. The molecule has 2 aromatic rings. The van der Waals surface area contributed by atoms with Gasteiger partial charge in [-0.3, -0.25) is 20.4 Å². The van der Waals surface area contributed by atoms with Gasteiger partial charge in [0.15, 0.2) is 6.10 Å². The van der Waals surface area contributed by atoms with Gasteiger partial charge in [0.25, 0.3) is 11.8 Å². The van der Waals surface area contributed by atoms with Crippen LogP contribution in [-0.4, -0.2) is 17.9 Å². The number of carbonyl (C=O) groups is 2. The smallest absolute Gasteiger partial charge is 0.279 e. The van der Waals surface area contributed by atoms with Gasteiger partial charge in [-0.2, -0.15) is 0 Å². The van der Waals surface area contributed by atoms with E-state index >= 15 is 0 Å². The minimum absolute atomic E-state index is 0.415. The van der Waals surface area contributed by atoms with Crippen molar-refractivity contribution in [2.75, 3.05) is 0 Å². The molecule has 23 heavy (non-hydrogen) atoms. The zero-order valence-electron chi connectivity index (χ0n) is 13.0. The number of carbonyl (C=O) groups excluding carboxylic acids is 2. The van der Waals surface area contributed by atoms with Crippen LogP contribution in [0.2, 0.25) is 4.34 Å². The Balaban J connectivity index is 1.90. The van der Waals surface area contributed by atoms with E-state index in [1.807, 2.05) is 26.0 Å². The van der Waals surface area contributed by atoms with Gasteiger partial charge >= 0.3 is 0 Å². The number of thiophene rings is 1. The molecule has 7 heteroatoms. The fourth-order valence-electron chi connectivity index (χ4n) is 1.81. The second-order valence-corrected chi connectivity index (χ2v) is 6.72. The first-order valence-electron chi connectivity index (χ1n) is 6.97. The fraction of sp³-hybridized carbons (Fsp3) is 0.250. The molecule has 2 rings (SSSR count). The Kier molecular flexibility index (Phi) is 5.63. The van der Waals surface area contributed by atoms with Crippen molar-refractivity contribution in [2.24, 2.45) is 0 Å². The van der Waals surface area contributed by atoms with Crippen LogP contribution >= 0.6 is 22.9 Å². The number of halogens is 1. The highest BCUT2D eigenvalue weighted by molar-refractivity contribution is 7.17. The van der Waals surface area contributed by atoms with Gasteiger partial charge in [0.05, 0.1) is 9.21 Å². The summed E-state index contributed by atoms with van der Waals surface area (Å²) in [6.07, 6.45) is -0.747. The van der Waals surface area contributed by atoms with Crippen LogP contribution in [-0.2, 0) is 4.79 Å². The molecule has 1 atom stereocenters. The molecule has 122 valence electrons. The molecular weight excluding hydrogens is 336 g/mol. The second kappa shape index (κ2) is 7.48. The summed E-state index contributed by atoms with van der Waals surface area (Å²) in [6, 6.07) is 8.85. The number of rotatable bonds is 4. The molecule has 0 aliphatic carbocycles. The van der Waals surface area contributed by atoms with Gasteiger partial charge < -0.3 is 4.74 Å². The Morgan fingerprint density at radius 2 is 1.91 bits per heavy atom. The zero-order chi connectivity index (χ0) is 17.0. The maximum Gasteiger partial charge on any atom is 0.279 e. The van der Waals surface area contributed by atoms with Crippen molar-refractivity contribution in [3.8, 4) is 5.75 Å². The number of hydrazine groups is 1. The lowest BCUT2D eigenvalue weighted by Gasteiger charge is -2.17. The van der Waals surface area contributed by atoms with Crippen molar-refractivity contribution in [2.45, 2.75) is 26.9 Å². The van der Waals surface area contributed by atoms with Crippen LogP contribution in [0.4, 0.5) is 0 Å². The Hall–Kier alpha value is -2.05. The second-order valence-electron chi connectivity index (χ2n) is 5.01. The van der Waals surface area contributed by atoms with Crippen LogP contribution < -0.4 is 15.6 Å². The minimum atomic E-state index is -0.747. The van der Waals surface area contributed by atoms with Crippen LogP contribution in [0.5, 0.6) is 5.75 Å². The maximum absolute atomic E-state index is 12.0. The molecule has 0 aliphatic rings. The van der Waals surface area contributed by atoms with E-state index in [1.165, 1.54) is 0 Å². The number of hydrogen-bond donors (Lipinski definition) is 2. The SMILES string of the molecule is Cc1cccc(OC(C)C(=O)NNC(=O)c2ccc(Cl)s2)c1C. The molecule has 5 nitrogen and oxygen atoms in total. The molecule has 1 heterocycles. The number of aryl methyl sites for hydroxylation is 1. The number of hydrogen-bond acceptors (Lipinski definition) is 4. The average Bonchev–Trinajstić information content (AvgIpc) is 2.95. The number of ether oxygens (including phenoxy) is 1. The third-order valence-corrected chi connectivity index (χ3v) is 4.55. The standard InChI is InChI=1S/C16H17ClN2O3S/c1-9-5-4-6-12(10(9)2)22-11(3)15(20)18-19-16(21)13-7-8-14(17)23-13/h4-8,11H,1-3H3,(H,18,20)(H,19,21). The lowest BCUT2D eigenvalue weighted by atomic mass is 10.1. The quantitative estimate of drug-likeness (QED) is 0.830. The van der Waals surface area contributed by atoms with E-state index in [-0.39, 0.29) is 0 Å². The van der Waals surface area contributed by atoms with Crippen molar-refractivity contribution in [1.29, 1.82) is 0 Å². The molecule has 1 aromatic heterocycles. The maximum atomic E-state index is 12.0. The molecule has 0 saturated heterocycles. The normalized spacial score (nSPS) is 11.7.